The summed E-state index contributed by atoms with van der Waals surface area (Å²) >= 11 is 0. The van der Waals surface area contributed by atoms with E-state index in [9.17, 15) is 14.4 Å². The van der Waals surface area contributed by atoms with Gasteiger partial charge >= 0.3 is 17.9 Å². The van der Waals surface area contributed by atoms with Crippen LogP contribution in [0, 0.1) is 0 Å². The highest BCUT2D eigenvalue weighted by Crippen LogP contribution is 2.13. The molecule has 0 amide bonds. The summed E-state index contributed by atoms with van der Waals surface area (Å²) in [5, 5.41) is 0. The zero-order valence-corrected chi connectivity index (χ0v) is 49.9. The van der Waals surface area contributed by atoms with E-state index < -0.39 is 6.10 Å². The summed E-state index contributed by atoms with van der Waals surface area (Å²) in [6, 6.07) is 0. The fraction of sp³-hybridized carbons (Fsp3) is 0.569. The van der Waals surface area contributed by atoms with Gasteiger partial charge in [-0.3, -0.25) is 14.4 Å². The first-order chi connectivity index (χ1) is 38.5. The summed E-state index contributed by atoms with van der Waals surface area (Å²) in [4.78, 5) is 38.2. The van der Waals surface area contributed by atoms with Gasteiger partial charge < -0.3 is 14.2 Å². The molecule has 6 heteroatoms. The molecule has 0 aliphatic carbocycles. The van der Waals surface area contributed by atoms with E-state index in [0.29, 0.717) is 12.8 Å². The number of carbonyl (C=O) groups is 3. The Morgan fingerprint density at radius 1 is 0.269 bits per heavy atom. The molecule has 1 atom stereocenters. The van der Waals surface area contributed by atoms with Crippen LogP contribution in [-0.4, -0.2) is 37.2 Å². The third-order valence-electron chi connectivity index (χ3n) is 12.4. The minimum atomic E-state index is -0.820. The van der Waals surface area contributed by atoms with E-state index >= 15 is 0 Å². The van der Waals surface area contributed by atoms with E-state index in [-0.39, 0.29) is 44.0 Å². The SMILES string of the molecule is CC/C=C\C/C=C\C/C=C\C/C=C\C/C=C\C/C=C\C/C=C\C/C=C\CCCCC(=O)OCC(COC(=O)CCCCCCC/C=C\CCCCC)OC(=O)CCCCCCC/C=C\C/C=C\C/C=C\C/C=C\C/C=C\CC. The summed E-state index contributed by atoms with van der Waals surface area (Å²) < 4.78 is 16.8. The third-order valence-corrected chi connectivity index (χ3v) is 12.4. The van der Waals surface area contributed by atoms with E-state index in [4.69, 9.17) is 14.2 Å². The lowest BCUT2D eigenvalue weighted by Gasteiger charge is -2.18. The summed E-state index contributed by atoms with van der Waals surface area (Å²) in [5.74, 6) is -0.993. The molecule has 0 saturated carbocycles. The summed E-state index contributed by atoms with van der Waals surface area (Å²) in [7, 11) is 0. The standard InChI is InChI=1S/C72H112O6/c1-4-7-10-13-16-19-22-25-27-29-31-33-34-35-36-37-38-40-41-43-45-47-50-53-56-59-62-65-71(74)77-68-69(67-76-70(73)64-61-58-55-52-49-24-21-18-15-12-9-6-3)78-72(75)66-63-60-57-54-51-48-46-44-42-39-32-30-28-26-23-20-17-14-11-8-5-2/h7-8,10-11,16-21,25-28,31-33,35-36,38-40,43-46,50,53,69H,4-6,9,12-15,22-24,29-30,34,37,41-42,47-49,51-52,54-68H2,1-3H3/b10-7-,11-8-,19-16-,20-17-,21-18-,27-25-,28-26-,33-31-,36-35-,39-32-,40-38-,45-43-,46-44-,53-50-. The fourth-order valence-corrected chi connectivity index (χ4v) is 7.83. The number of carbonyl (C=O) groups excluding carboxylic acids is 3. The lowest BCUT2D eigenvalue weighted by Crippen LogP contribution is -2.30. The van der Waals surface area contributed by atoms with Crippen LogP contribution in [0.2, 0.25) is 0 Å². The van der Waals surface area contributed by atoms with Crippen molar-refractivity contribution in [2.24, 2.45) is 0 Å². The maximum absolute atomic E-state index is 12.9. The van der Waals surface area contributed by atoms with E-state index in [1.54, 1.807) is 0 Å². The van der Waals surface area contributed by atoms with Crippen LogP contribution in [0.25, 0.3) is 0 Å². The van der Waals surface area contributed by atoms with Gasteiger partial charge in [0.2, 0.25) is 0 Å². The van der Waals surface area contributed by atoms with Crippen LogP contribution in [0.5, 0.6) is 0 Å². The Morgan fingerprint density at radius 3 is 0.821 bits per heavy atom. The first-order valence-corrected chi connectivity index (χ1v) is 31.1. The van der Waals surface area contributed by atoms with Gasteiger partial charge in [0.25, 0.3) is 0 Å². The van der Waals surface area contributed by atoms with Gasteiger partial charge in [0.05, 0.1) is 0 Å². The second-order valence-electron chi connectivity index (χ2n) is 19.8. The van der Waals surface area contributed by atoms with E-state index in [1.165, 1.54) is 32.1 Å². The van der Waals surface area contributed by atoms with Crippen LogP contribution in [-0.2, 0) is 28.6 Å². The van der Waals surface area contributed by atoms with Crippen LogP contribution in [0.15, 0.2) is 170 Å². The topological polar surface area (TPSA) is 78.9 Å². The molecule has 0 rings (SSSR count). The Balaban J connectivity index is 4.49. The minimum absolute atomic E-state index is 0.112. The van der Waals surface area contributed by atoms with Crippen molar-refractivity contribution in [3.63, 3.8) is 0 Å². The second-order valence-corrected chi connectivity index (χ2v) is 19.8. The van der Waals surface area contributed by atoms with Crippen molar-refractivity contribution in [2.45, 2.75) is 252 Å². The first kappa shape index (κ1) is 72.8. The molecular formula is C72H112O6. The Kier molecular flexibility index (Phi) is 60.0. The molecular weight excluding hydrogens is 961 g/mol. The fourth-order valence-electron chi connectivity index (χ4n) is 7.83. The number of hydrogen-bond donors (Lipinski definition) is 0. The number of unbranched alkanes of at least 4 members (excludes halogenated alkanes) is 15. The van der Waals surface area contributed by atoms with E-state index in [1.807, 2.05) is 0 Å². The van der Waals surface area contributed by atoms with Crippen LogP contribution in [0.4, 0.5) is 0 Å². The number of ether oxygens (including phenoxy) is 3. The van der Waals surface area contributed by atoms with Crippen LogP contribution >= 0.6 is 0 Å². The zero-order chi connectivity index (χ0) is 56.4. The molecule has 78 heavy (non-hydrogen) atoms. The van der Waals surface area contributed by atoms with Gasteiger partial charge in [0.15, 0.2) is 6.10 Å². The van der Waals surface area contributed by atoms with Crippen molar-refractivity contribution in [2.75, 3.05) is 13.2 Å². The van der Waals surface area contributed by atoms with Crippen molar-refractivity contribution < 1.29 is 28.6 Å². The summed E-state index contributed by atoms with van der Waals surface area (Å²) in [6.07, 6.45) is 94.9. The molecule has 0 aliphatic rings. The normalized spacial score (nSPS) is 13.3. The molecule has 0 aromatic rings. The Labute approximate surface area is 479 Å². The minimum Gasteiger partial charge on any atom is -0.462 e. The van der Waals surface area contributed by atoms with Crippen molar-refractivity contribution in [1.29, 1.82) is 0 Å². The average molecular weight is 1070 g/mol. The quantitative estimate of drug-likeness (QED) is 0.0261. The molecule has 0 bridgehead atoms. The van der Waals surface area contributed by atoms with Gasteiger partial charge in [-0.25, -0.2) is 0 Å². The first-order valence-electron chi connectivity index (χ1n) is 31.1. The Hall–Kier alpha value is -5.23. The van der Waals surface area contributed by atoms with Crippen LogP contribution in [0.1, 0.15) is 245 Å². The predicted octanol–water partition coefficient (Wildman–Crippen LogP) is 21.5. The Morgan fingerprint density at radius 2 is 0.500 bits per heavy atom. The molecule has 0 saturated heterocycles. The maximum Gasteiger partial charge on any atom is 0.306 e. The van der Waals surface area contributed by atoms with E-state index in [2.05, 4.69) is 191 Å². The molecule has 6 nitrogen and oxygen atoms in total. The zero-order valence-electron chi connectivity index (χ0n) is 49.9. The van der Waals surface area contributed by atoms with E-state index in [0.717, 1.165) is 167 Å². The second kappa shape index (κ2) is 64.3. The predicted molar refractivity (Wildman–Crippen MR) is 338 cm³/mol. The van der Waals surface area contributed by atoms with Gasteiger partial charge in [-0.1, -0.05) is 242 Å². The number of rotatable bonds is 54. The van der Waals surface area contributed by atoms with Gasteiger partial charge in [-0.05, 0) is 154 Å². The molecule has 0 radical (unpaired) electrons. The molecule has 0 heterocycles. The van der Waals surface area contributed by atoms with Gasteiger partial charge in [-0.15, -0.1) is 0 Å². The maximum atomic E-state index is 12.9. The number of allylic oxidation sites excluding steroid dienone is 28. The summed E-state index contributed by atoms with van der Waals surface area (Å²) in [6.45, 7) is 6.31. The van der Waals surface area contributed by atoms with Crippen molar-refractivity contribution >= 4 is 17.9 Å². The largest absolute Gasteiger partial charge is 0.462 e. The lowest BCUT2D eigenvalue weighted by molar-refractivity contribution is -0.167. The lowest BCUT2D eigenvalue weighted by atomic mass is 10.1. The van der Waals surface area contributed by atoms with Crippen molar-refractivity contribution in [3.8, 4) is 0 Å². The highest BCUT2D eigenvalue weighted by molar-refractivity contribution is 5.71. The van der Waals surface area contributed by atoms with Crippen molar-refractivity contribution in [3.05, 3.63) is 170 Å². The third kappa shape index (κ3) is 61.6. The number of esters is 3. The Bertz CT molecular complexity index is 1810. The van der Waals surface area contributed by atoms with Gasteiger partial charge in [-0.2, -0.15) is 0 Å². The highest BCUT2D eigenvalue weighted by atomic mass is 16.6. The molecule has 1 unspecified atom stereocenters. The molecule has 0 fully saturated rings. The molecule has 0 aromatic heterocycles. The average Bonchev–Trinajstić information content (AvgIpc) is 3.44. The van der Waals surface area contributed by atoms with Crippen molar-refractivity contribution in [1.82, 2.24) is 0 Å². The summed E-state index contributed by atoms with van der Waals surface area (Å²) in [5.41, 5.74) is 0. The van der Waals surface area contributed by atoms with Crippen LogP contribution < -0.4 is 0 Å². The van der Waals surface area contributed by atoms with Crippen LogP contribution in [0.3, 0.4) is 0 Å². The number of hydrogen-bond acceptors (Lipinski definition) is 6. The highest BCUT2D eigenvalue weighted by Gasteiger charge is 2.19. The molecule has 0 aromatic carbocycles. The molecule has 0 aliphatic heterocycles. The van der Waals surface area contributed by atoms with Gasteiger partial charge in [0.1, 0.15) is 13.2 Å². The molecule has 0 N–H and O–H groups in total. The van der Waals surface area contributed by atoms with Gasteiger partial charge in [0, 0.05) is 19.3 Å². The molecule has 0 spiro atoms. The monoisotopic (exact) mass is 1070 g/mol. The molecule has 436 valence electrons. The smallest absolute Gasteiger partial charge is 0.306 e.